The summed E-state index contributed by atoms with van der Waals surface area (Å²) in [6, 6.07) is -0.803. The highest BCUT2D eigenvalue weighted by atomic mass is 16.6. The summed E-state index contributed by atoms with van der Waals surface area (Å²) in [5.41, 5.74) is 0. The molecule has 0 aliphatic heterocycles. The standard InChI is InChI=1S/C16H26N2O8/c1-11(17(3)15(21)23-5)9-25-13(19)7-8-14(20)26-10-12(2)18(4)16(22)24-6/h7-8,11-12H,9-10H2,1-6H3/b8-7+/t11-,12-/m0/s1. The Labute approximate surface area is 152 Å². The summed E-state index contributed by atoms with van der Waals surface area (Å²) in [7, 11) is 5.50. The Balaban J connectivity index is 4.25. The van der Waals surface area contributed by atoms with Crippen molar-refractivity contribution in [2.24, 2.45) is 0 Å². The van der Waals surface area contributed by atoms with E-state index in [1.54, 1.807) is 13.8 Å². The van der Waals surface area contributed by atoms with Gasteiger partial charge in [0.05, 0.1) is 26.3 Å². The lowest BCUT2D eigenvalue weighted by Gasteiger charge is -2.22. The molecule has 0 aromatic rings. The maximum absolute atomic E-state index is 11.6. The lowest BCUT2D eigenvalue weighted by Crippen LogP contribution is -2.38. The molecule has 0 heterocycles. The maximum Gasteiger partial charge on any atom is 0.409 e. The highest BCUT2D eigenvalue weighted by molar-refractivity contribution is 5.91. The fraction of sp³-hybridized carbons (Fsp3) is 0.625. The number of esters is 2. The summed E-state index contributed by atoms with van der Waals surface area (Å²) >= 11 is 0. The minimum atomic E-state index is -0.758. The van der Waals surface area contributed by atoms with Crippen molar-refractivity contribution in [3.63, 3.8) is 0 Å². The number of carbonyl (C=O) groups is 4. The molecule has 2 atom stereocenters. The maximum atomic E-state index is 11.6. The SMILES string of the molecule is COC(=O)N(C)[C@@H](C)COC(=O)/C=C/C(=O)OC[C@H](C)N(C)C(=O)OC. The van der Waals surface area contributed by atoms with Gasteiger partial charge in [0.15, 0.2) is 0 Å². The molecule has 0 saturated carbocycles. The summed E-state index contributed by atoms with van der Waals surface area (Å²) in [4.78, 5) is 48.3. The minimum absolute atomic E-state index is 0.0647. The first kappa shape index (κ1) is 23.2. The molecule has 0 spiro atoms. The van der Waals surface area contributed by atoms with Crippen molar-refractivity contribution in [2.75, 3.05) is 41.5 Å². The Morgan fingerprint density at radius 1 is 0.769 bits per heavy atom. The van der Waals surface area contributed by atoms with Crippen LogP contribution in [0.25, 0.3) is 0 Å². The molecule has 0 rings (SSSR count). The van der Waals surface area contributed by atoms with Gasteiger partial charge in [0.2, 0.25) is 0 Å². The molecular weight excluding hydrogens is 348 g/mol. The van der Waals surface area contributed by atoms with Crippen LogP contribution >= 0.6 is 0 Å². The van der Waals surface area contributed by atoms with Crippen LogP contribution in [0.4, 0.5) is 9.59 Å². The van der Waals surface area contributed by atoms with E-state index in [4.69, 9.17) is 9.47 Å². The number of methoxy groups -OCH3 is 2. The molecule has 0 aliphatic rings. The molecule has 0 unspecified atom stereocenters. The van der Waals surface area contributed by atoms with E-state index in [1.165, 1.54) is 38.1 Å². The largest absolute Gasteiger partial charge is 0.460 e. The van der Waals surface area contributed by atoms with Crippen LogP contribution in [0.1, 0.15) is 13.8 Å². The number of ether oxygens (including phenoxy) is 4. The molecule has 10 nitrogen and oxygen atoms in total. The second-order valence-electron chi connectivity index (χ2n) is 5.45. The average Bonchev–Trinajstić information content (AvgIpc) is 2.65. The van der Waals surface area contributed by atoms with Crippen LogP contribution in [0, 0.1) is 0 Å². The van der Waals surface area contributed by atoms with E-state index in [2.05, 4.69) is 9.47 Å². The zero-order valence-corrected chi connectivity index (χ0v) is 15.9. The van der Waals surface area contributed by atoms with E-state index < -0.39 is 36.2 Å². The quantitative estimate of drug-likeness (QED) is 0.348. The van der Waals surface area contributed by atoms with Crippen LogP contribution in [0.3, 0.4) is 0 Å². The fourth-order valence-electron chi connectivity index (χ4n) is 1.51. The first-order valence-electron chi connectivity index (χ1n) is 7.77. The summed E-state index contributed by atoms with van der Waals surface area (Å²) < 4.78 is 18.9. The van der Waals surface area contributed by atoms with E-state index in [0.717, 1.165) is 12.2 Å². The number of carbonyl (C=O) groups excluding carboxylic acids is 4. The predicted molar refractivity (Wildman–Crippen MR) is 90.3 cm³/mol. The molecule has 0 N–H and O–H groups in total. The third-order valence-electron chi connectivity index (χ3n) is 3.54. The number of likely N-dealkylation sites (N-methyl/N-ethyl adjacent to an activating group) is 2. The van der Waals surface area contributed by atoms with Crippen molar-refractivity contribution < 1.29 is 38.1 Å². The average molecular weight is 374 g/mol. The van der Waals surface area contributed by atoms with Crippen molar-refractivity contribution in [1.29, 1.82) is 0 Å². The molecule has 0 aromatic carbocycles. The molecule has 0 fully saturated rings. The van der Waals surface area contributed by atoms with Gasteiger partial charge in [-0.05, 0) is 13.8 Å². The van der Waals surface area contributed by atoms with Gasteiger partial charge >= 0.3 is 24.1 Å². The van der Waals surface area contributed by atoms with E-state index in [0.29, 0.717) is 0 Å². The number of rotatable bonds is 8. The monoisotopic (exact) mass is 374 g/mol. The number of hydrogen-bond donors (Lipinski definition) is 0. The lowest BCUT2D eigenvalue weighted by molar-refractivity contribution is -0.141. The Morgan fingerprint density at radius 2 is 1.08 bits per heavy atom. The van der Waals surface area contributed by atoms with Gasteiger partial charge in [-0.1, -0.05) is 0 Å². The van der Waals surface area contributed by atoms with Gasteiger partial charge < -0.3 is 28.7 Å². The highest BCUT2D eigenvalue weighted by Gasteiger charge is 2.18. The first-order valence-corrected chi connectivity index (χ1v) is 7.77. The zero-order valence-electron chi connectivity index (χ0n) is 15.9. The zero-order chi connectivity index (χ0) is 20.3. The van der Waals surface area contributed by atoms with Crippen LogP contribution in [0.2, 0.25) is 0 Å². The number of nitrogens with zero attached hydrogens (tertiary/aromatic N) is 2. The molecule has 2 amide bonds. The Kier molecular flexibility index (Phi) is 10.5. The van der Waals surface area contributed by atoms with Gasteiger partial charge in [-0.3, -0.25) is 0 Å². The molecule has 0 aliphatic carbocycles. The van der Waals surface area contributed by atoms with Crippen molar-refractivity contribution in [3.8, 4) is 0 Å². The summed E-state index contributed by atoms with van der Waals surface area (Å²) in [5.74, 6) is -1.52. The normalized spacial score (nSPS) is 12.7. The molecule has 0 radical (unpaired) electrons. The number of hydrogen-bond acceptors (Lipinski definition) is 8. The van der Waals surface area contributed by atoms with E-state index in [1.807, 2.05) is 0 Å². The van der Waals surface area contributed by atoms with Crippen LogP contribution < -0.4 is 0 Å². The van der Waals surface area contributed by atoms with E-state index in [9.17, 15) is 19.2 Å². The molecule has 0 aromatic heterocycles. The van der Waals surface area contributed by atoms with Gasteiger partial charge in [-0.15, -0.1) is 0 Å². The summed E-state index contributed by atoms with van der Waals surface area (Å²) in [5, 5.41) is 0. The Hall–Kier alpha value is -2.78. The predicted octanol–water partition coefficient (Wildman–Crippen LogP) is 0.802. The van der Waals surface area contributed by atoms with Gasteiger partial charge in [0.1, 0.15) is 13.2 Å². The van der Waals surface area contributed by atoms with Crippen molar-refractivity contribution in [2.45, 2.75) is 25.9 Å². The Bertz CT molecular complexity index is 488. The minimum Gasteiger partial charge on any atom is -0.460 e. The first-order chi connectivity index (χ1) is 12.1. The van der Waals surface area contributed by atoms with Crippen molar-refractivity contribution in [1.82, 2.24) is 9.80 Å². The second-order valence-corrected chi connectivity index (χ2v) is 5.45. The van der Waals surface area contributed by atoms with Crippen molar-refractivity contribution in [3.05, 3.63) is 12.2 Å². The third-order valence-corrected chi connectivity index (χ3v) is 3.54. The molecule has 10 heteroatoms. The Morgan fingerprint density at radius 3 is 1.35 bits per heavy atom. The van der Waals surface area contributed by atoms with Gasteiger partial charge in [-0.25, -0.2) is 19.2 Å². The van der Waals surface area contributed by atoms with Crippen LogP contribution in [0.5, 0.6) is 0 Å². The van der Waals surface area contributed by atoms with Gasteiger partial charge in [0, 0.05) is 26.2 Å². The van der Waals surface area contributed by atoms with Crippen LogP contribution in [-0.4, -0.2) is 87.5 Å². The summed E-state index contributed by atoms with van der Waals surface area (Å²) in [6.45, 7) is 3.21. The second kappa shape index (κ2) is 11.7. The lowest BCUT2D eigenvalue weighted by atomic mass is 10.3. The summed E-state index contributed by atoms with van der Waals surface area (Å²) in [6.07, 6.45) is 0.724. The molecule has 0 bridgehead atoms. The van der Waals surface area contributed by atoms with E-state index in [-0.39, 0.29) is 13.2 Å². The van der Waals surface area contributed by atoms with E-state index >= 15 is 0 Å². The molecule has 26 heavy (non-hydrogen) atoms. The van der Waals surface area contributed by atoms with Gasteiger partial charge in [-0.2, -0.15) is 0 Å². The molecule has 148 valence electrons. The number of amides is 2. The third kappa shape index (κ3) is 8.36. The molecular formula is C16H26N2O8. The molecule has 0 saturated heterocycles. The van der Waals surface area contributed by atoms with Crippen LogP contribution in [-0.2, 0) is 28.5 Å². The topological polar surface area (TPSA) is 112 Å². The smallest absolute Gasteiger partial charge is 0.409 e. The van der Waals surface area contributed by atoms with Gasteiger partial charge in [0.25, 0.3) is 0 Å². The van der Waals surface area contributed by atoms with Crippen LogP contribution in [0.15, 0.2) is 12.2 Å². The van der Waals surface area contributed by atoms with Crippen molar-refractivity contribution >= 4 is 24.1 Å². The fourth-order valence-corrected chi connectivity index (χ4v) is 1.51. The highest BCUT2D eigenvalue weighted by Crippen LogP contribution is 2.01.